The molecule has 0 aliphatic carbocycles. The van der Waals surface area contributed by atoms with Crippen molar-refractivity contribution < 1.29 is 13.6 Å². The summed E-state index contributed by atoms with van der Waals surface area (Å²) in [5, 5.41) is 3.56. The Kier molecular flexibility index (Phi) is 4.47. The molecule has 1 heterocycles. The molecule has 0 bridgehead atoms. The molecule has 0 fully saturated rings. The van der Waals surface area contributed by atoms with Crippen molar-refractivity contribution in [2.75, 3.05) is 0 Å². The zero-order valence-corrected chi connectivity index (χ0v) is 14.8. The van der Waals surface area contributed by atoms with Gasteiger partial charge in [-0.15, -0.1) is 0 Å². The molecule has 0 spiro atoms. The number of nitrogens with one attached hydrogen (secondary N) is 1. The summed E-state index contributed by atoms with van der Waals surface area (Å²) in [6, 6.07) is 20.7. The second-order valence-corrected chi connectivity index (χ2v) is 6.53. The van der Waals surface area contributed by atoms with Gasteiger partial charge in [-0.3, -0.25) is 4.79 Å². The van der Waals surface area contributed by atoms with Gasteiger partial charge in [0.05, 0.1) is 6.54 Å². The number of aryl methyl sites for hydroxylation is 1. The fraction of sp³-hybridized carbons (Fsp3) is 0.0870. The first kappa shape index (κ1) is 17.0. The lowest BCUT2D eigenvalue weighted by Gasteiger charge is -2.08. The van der Waals surface area contributed by atoms with Crippen molar-refractivity contribution >= 4 is 17.4 Å². The lowest BCUT2D eigenvalue weighted by Crippen LogP contribution is -2.08. The van der Waals surface area contributed by atoms with Gasteiger partial charge in [0.2, 0.25) is 6.41 Å². The molecule has 0 unspecified atom stereocenters. The van der Waals surface area contributed by atoms with Crippen LogP contribution in [0.15, 0.2) is 71.1 Å². The molecule has 134 valence electrons. The molecule has 1 N–H and O–H groups in total. The standard InChI is InChI=1S/C23H18FNO2/c1-15-2-4-16(5-3-15)18-10-19-11-21(13-25-14-26)27-23(19)22(12-18)17-6-8-20(24)9-7-17/h2-12,14H,13H2,1H3,(H,25,26). The van der Waals surface area contributed by atoms with Gasteiger partial charge in [0.1, 0.15) is 17.2 Å². The molecule has 3 nitrogen and oxygen atoms in total. The van der Waals surface area contributed by atoms with Crippen LogP contribution in [-0.4, -0.2) is 6.41 Å². The predicted molar refractivity (Wildman–Crippen MR) is 105 cm³/mol. The van der Waals surface area contributed by atoms with E-state index in [1.54, 1.807) is 12.1 Å². The van der Waals surface area contributed by atoms with Crippen molar-refractivity contribution in [2.45, 2.75) is 13.5 Å². The summed E-state index contributed by atoms with van der Waals surface area (Å²) in [5.74, 6) is 0.390. The van der Waals surface area contributed by atoms with Crippen LogP contribution < -0.4 is 5.32 Å². The highest BCUT2D eigenvalue weighted by Crippen LogP contribution is 2.36. The smallest absolute Gasteiger partial charge is 0.207 e. The summed E-state index contributed by atoms with van der Waals surface area (Å²) in [5.41, 5.74) is 5.83. The minimum atomic E-state index is -0.278. The maximum absolute atomic E-state index is 13.4. The van der Waals surface area contributed by atoms with Gasteiger partial charge in [0.25, 0.3) is 0 Å². The predicted octanol–water partition coefficient (Wildman–Crippen LogP) is 5.46. The van der Waals surface area contributed by atoms with Gasteiger partial charge in [-0.2, -0.15) is 0 Å². The van der Waals surface area contributed by atoms with Crippen LogP contribution in [-0.2, 0) is 11.3 Å². The zero-order valence-electron chi connectivity index (χ0n) is 14.8. The van der Waals surface area contributed by atoms with E-state index in [0.717, 1.165) is 33.2 Å². The van der Waals surface area contributed by atoms with Crippen LogP contribution in [0.1, 0.15) is 11.3 Å². The third kappa shape index (κ3) is 3.47. The number of hydrogen-bond acceptors (Lipinski definition) is 2. The molecule has 0 aliphatic rings. The van der Waals surface area contributed by atoms with Crippen molar-refractivity contribution in [3.05, 3.63) is 83.9 Å². The second-order valence-electron chi connectivity index (χ2n) is 6.53. The Hall–Kier alpha value is -3.40. The van der Waals surface area contributed by atoms with E-state index < -0.39 is 0 Å². The molecule has 4 heteroatoms. The minimum Gasteiger partial charge on any atom is -0.459 e. The summed E-state index contributed by atoms with van der Waals surface area (Å²) in [7, 11) is 0. The summed E-state index contributed by atoms with van der Waals surface area (Å²) < 4.78 is 19.4. The molecular weight excluding hydrogens is 341 g/mol. The molecule has 27 heavy (non-hydrogen) atoms. The van der Waals surface area contributed by atoms with Crippen LogP contribution in [0.3, 0.4) is 0 Å². The monoisotopic (exact) mass is 359 g/mol. The van der Waals surface area contributed by atoms with Crippen molar-refractivity contribution in [3.8, 4) is 22.3 Å². The Balaban J connectivity index is 1.91. The first-order chi connectivity index (χ1) is 13.1. The summed E-state index contributed by atoms with van der Waals surface area (Å²) in [4.78, 5) is 10.6. The number of hydrogen-bond donors (Lipinski definition) is 1. The highest BCUT2D eigenvalue weighted by Gasteiger charge is 2.13. The van der Waals surface area contributed by atoms with Gasteiger partial charge in [-0.05, 0) is 53.9 Å². The van der Waals surface area contributed by atoms with Crippen molar-refractivity contribution in [3.63, 3.8) is 0 Å². The Morgan fingerprint density at radius 2 is 1.63 bits per heavy atom. The highest BCUT2D eigenvalue weighted by molar-refractivity contribution is 5.97. The number of carbonyl (C=O) groups excluding carboxylic acids is 1. The SMILES string of the molecule is Cc1ccc(-c2cc(-c3ccc(F)cc3)c3oc(CNC=O)cc3c2)cc1. The second kappa shape index (κ2) is 7.08. The van der Waals surface area contributed by atoms with E-state index in [9.17, 15) is 9.18 Å². The zero-order chi connectivity index (χ0) is 18.8. The lowest BCUT2D eigenvalue weighted by molar-refractivity contribution is -0.109. The van der Waals surface area contributed by atoms with Gasteiger partial charge in [-0.25, -0.2) is 4.39 Å². The number of rotatable bonds is 5. The first-order valence-electron chi connectivity index (χ1n) is 8.70. The van der Waals surface area contributed by atoms with E-state index in [4.69, 9.17) is 4.42 Å². The van der Waals surface area contributed by atoms with E-state index in [1.165, 1.54) is 17.7 Å². The normalized spacial score (nSPS) is 10.9. The maximum atomic E-state index is 13.4. The Labute approximate surface area is 156 Å². The molecule has 4 aromatic rings. The minimum absolute atomic E-state index is 0.278. The number of furan rings is 1. The Morgan fingerprint density at radius 3 is 2.33 bits per heavy atom. The van der Waals surface area contributed by atoms with E-state index >= 15 is 0 Å². The molecule has 1 amide bonds. The van der Waals surface area contributed by atoms with E-state index in [-0.39, 0.29) is 5.82 Å². The number of fused-ring (bicyclic) bond motifs is 1. The molecule has 1 aromatic heterocycles. The Bertz CT molecular complexity index is 1100. The largest absolute Gasteiger partial charge is 0.459 e. The number of carbonyl (C=O) groups is 1. The van der Waals surface area contributed by atoms with Crippen LogP contribution in [0.2, 0.25) is 0 Å². The average Bonchev–Trinajstić information content (AvgIpc) is 3.10. The molecule has 0 aliphatic heterocycles. The number of halogens is 1. The summed E-state index contributed by atoms with van der Waals surface area (Å²) >= 11 is 0. The van der Waals surface area contributed by atoms with E-state index in [2.05, 4.69) is 48.6 Å². The van der Waals surface area contributed by atoms with E-state index in [1.807, 2.05) is 6.07 Å². The fourth-order valence-corrected chi connectivity index (χ4v) is 3.19. The lowest BCUT2D eigenvalue weighted by atomic mass is 9.96. The average molecular weight is 359 g/mol. The third-order valence-corrected chi connectivity index (χ3v) is 4.57. The Morgan fingerprint density at radius 1 is 0.926 bits per heavy atom. The fourth-order valence-electron chi connectivity index (χ4n) is 3.19. The summed E-state index contributed by atoms with van der Waals surface area (Å²) in [6.45, 7) is 2.38. The van der Waals surface area contributed by atoms with Crippen LogP contribution in [0.5, 0.6) is 0 Å². The maximum Gasteiger partial charge on any atom is 0.207 e. The van der Waals surface area contributed by atoms with Crippen molar-refractivity contribution in [1.29, 1.82) is 0 Å². The van der Waals surface area contributed by atoms with Crippen LogP contribution in [0, 0.1) is 12.7 Å². The highest BCUT2D eigenvalue weighted by atomic mass is 19.1. The molecule has 0 saturated carbocycles. The van der Waals surface area contributed by atoms with Crippen LogP contribution in [0.4, 0.5) is 4.39 Å². The van der Waals surface area contributed by atoms with Gasteiger partial charge in [-0.1, -0.05) is 42.0 Å². The quantitative estimate of drug-likeness (QED) is 0.481. The van der Waals surface area contributed by atoms with Crippen LogP contribution >= 0.6 is 0 Å². The van der Waals surface area contributed by atoms with Gasteiger partial charge >= 0.3 is 0 Å². The first-order valence-corrected chi connectivity index (χ1v) is 8.70. The van der Waals surface area contributed by atoms with E-state index in [0.29, 0.717) is 18.7 Å². The van der Waals surface area contributed by atoms with Gasteiger partial charge < -0.3 is 9.73 Å². The third-order valence-electron chi connectivity index (χ3n) is 4.57. The molecular formula is C23H18FNO2. The molecule has 0 saturated heterocycles. The van der Waals surface area contributed by atoms with Gasteiger partial charge in [0, 0.05) is 10.9 Å². The molecule has 3 aromatic carbocycles. The summed E-state index contributed by atoms with van der Waals surface area (Å²) in [6.07, 6.45) is 0.645. The molecule has 0 radical (unpaired) electrons. The van der Waals surface area contributed by atoms with Gasteiger partial charge in [0.15, 0.2) is 0 Å². The molecule has 0 atom stereocenters. The van der Waals surface area contributed by atoms with Crippen LogP contribution in [0.25, 0.3) is 33.2 Å². The topological polar surface area (TPSA) is 42.2 Å². The molecule has 4 rings (SSSR count). The van der Waals surface area contributed by atoms with Crippen molar-refractivity contribution in [1.82, 2.24) is 5.32 Å². The number of benzene rings is 3. The number of amides is 1. The van der Waals surface area contributed by atoms with Crippen molar-refractivity contribution in [2.24, 2.45) is 0 Å².